The third kappa shape index (κ3) is 5.90. The average Bonchev–Trinajstić information content (AvgIpc) is 2.28. The highest BCUT2D eigenvalue weighted by Crippen LogP contribution is 2.08. The Morgan fingerprint density at radius 2 is 1.94 bits per heavy atom. The fraction of sp³-hybridized carbons (Fsp3) is 0.462. The number of rotatable bonds is 6. The predicted molar refractivity (Wildman–Crippen MR) is 66.9 cm³/mol. The van der Waals surface area contributed by atoms with Crippen LogP contribution in [0.15, 0.2) is 24.3 Å². The lowest BCUT2D eigenvalue weighted by atomic mass is 10.1. The molecule has 0 aromatic heterocycles. The quantitative estimate of drug-likeness (QED) is 0.748. The summed E-state index contributed by atoms with van der Waals surface area (Å²) in [4.78, 5) is 11.4. The fourth-order valence-electron chi connectivity index (χ4n) is 1.41. The van der Waals surface area contributed by atoms with Crippen molar-refractivity contribution in [2.75, 3.05) is 5.43 Å². The molecule has 94 valence electrons. The molecule has 0 radical (unpaired) electrons. The maximum Gasteiger partial charge on any atom is 0.238 e. The molecule has 0 aliphatic rings. The van der Waals surface area contributed by atoms with Crippen LogP contribution in [0, 0.1) is 11.7 Å². The van der Waals surface area contributed by atoms with E-state index in [0.29, 0.717) is 18.0 Å². The lowest BCUT2D eigenvalue weighted by molar-refractivity contribution is -0.120. The predicted octanol–water partition coefficient (Wildman–Crippen LogP) is 3.10. The normalized spacial score (nSPS) is 10.4. The van der Waals surface area contributed by atoms with Gasteiger partial charge in [-0.3, -0.25) is 15.6 Å². The highest BCUT2D eigenvalue weighted by molar-refractivity contribution is 5.77. The molecule has 0 heterocycles. The van der Waals surface area contributed by atoms with Crippen molar-refractivity contribution < 1.29 is 9.18 Å². The molecule has 0 bridgehead atoms. The molecule has 0 atom stereocenters. The number of hydrogen-bond donors (Lipinski definition) is 2. The van der Waals surface area contributed by atoms with E-state index in [9.17, 15) is 9.18 Å². The number of amides is 1. The van der Waals surface area contributed by atoms with Crippen molar-refractivity contribution >= 4 is 11.6 Å². The van der Waals surface area contributed by atoms with Gasteiger partial charge in [0, 0.05) is 6.42 Å². The Morgan fingerprint density at radius 1 is 1.29 bits per heavy atom. The van der Waals surface area contributed by atoms with Crippen molar-refractivity contribution in [2.24, 2.45) is 5.92 Å². The summed E-state index contributed by atoms with van der Waals surface area (Å²) in [7, 11) is 0. The SMILES string of the molecule is CC(C)CCCC(=O)NNc1ccc(F)cc1. The first-order valence-corrected chi connectivity index (χ1v) is 5.88. The topological polar surface area (TPSA) is 41.1 Å². The van der Waals surface area contributed by atoms with E-state index in [2.05, 4.69) is 24.7 Å². The van der Waals surface area contributed by atoms with Crippen molar-refractivity contribution in [1.82, 2.24) is 5.43 Å². The Labute approximate surface area is 101 Å². The van der Waals surface area contributed by atoms with Crippen molar-refractivity contribution in [2.45, 2.75) is 33.1 Å². The van der Waals surface area contributed by atoms with Gasteiger partial charge in [0.2, 0.25) is 5.91 Å². The van der Waals surface area contributed by atoms with Gasteiger partial charge in [-0.2, -0.15) is 0 Å². The van der Waals surface area contributed by atoms with E-state index in [4.69, 9.17) is 0 Å². The van der Waals surface area contributed by atoms with Crippen LogP contribution in [0.5, 0.6) is 0 Å². The van der Waals surface area contributed by atoms with Crippen LogP contribution in [0.1, 0.15) is 33.1 Å². The second kappa shape index (κ2) is 6.89. The molecule has 1 rings (SSSR count). The smallest absolute Gasteiger partial charge is 0.238 e. The molecule has 0 saturated carbocycles. The summed E-state index contributed by atoms with van der Waals surface area (Å²) in [5, 5.41) is 0. The van der Waals surface area contributed by atoms with Crippen LogP contribution in [-0.2, 0) is 4.79 Å². The average molecular weight is 238 g/mol. The van der Waals surface area contributed by atoms with Gasteiger partial charge < -0.3 is 0 Å². The van der Waals surface area contributed by atoms with E-state index in [0.717, 1.165) is 12.8 Å². The first-order chi connectivity index (χ1) is 8.08. The second-order valence-electron chi connectivity index (χ2n) is 4.47. The maximum absolute atomic E-state index is 12.6. The number of carbonyl (C=O) groups excluding carboxylic acids is 1. The molecule has 0 aliphatic heterocycles. The van der Waals surface area contributed by atoms with Crippen LogP contribution in [-0.4, -0.2) is 5.91 Å². The lowest BCUT2D eigenvalue weighted by Gasteiger charge is -2.08. The molecule has 17 heavy (non-hydrogen) atoms. The summed E-state index contributed by atoms with van der Waals surface area (Å²) in [6.45, 7) is 4.27. The van der Waals surface area contributed by atoms with Gasteiger partial charge in [0.15, 0.2) is 0 Å². The maximum atomic E-state index is 12.6. The van der Waals surface area contributed by atoms with E-state index in [1.165, 1.54) is 12.1 Å². The van der Waals surface area contributed by atoms with Crippen LogP contribution < -0.4 is 10.9 Å². The lowest BCUT2D eigenvalue weighted by Crippen LogP contribution is -2.29. The molecule has 0 spiro atoms. The molecule has 3 nitrogen and oxygen atoms in total. The Hall–Kier alpha value is -1.58. The molecular formula is C13H19FN2O. The standard InChI is InChI=1S/C13H19FN2O/c1-10(2)4-3-5-13(17)16-15-12-8-6-11(14)7-9-12/h6-10,15H,3-5H2,1-2H3,(H,16,17). The second-order valence-corrected chi connectivity index (χ2v) is 4.47. The van der Waals surface area contributed by atoms with Crippen molar-refractivity contribution in [3.8, 4) is 0 Å². The number of benzene rings is 1. The van der Waals surface area contributed by atoms with Gasteiger partial charge in [0.05, 0.1) is 5.69 Å². The molecule has 2 N–H and O–H groups in total. The van der Waals surface area contributed by atoms with Gasteiger partial charge in [-0.15, -0.1) is 0 Å². The van der Waals surface area contributed by atoms with Crippen molar-refractivity contribution in [3.63, 3.8) is 0 Å². The van der Waals surface area contributed by atoms with Gasteiger partial charge in [-0.05, 0) is 36.6 Å². The number of hydrogen-bond acceptors (Lipinski definition) is 2. The van der Waals surface area contributed by atoms with Gasteiger partial charge in [-0.25, -0.2) is 4.39 Å². The van der Waals surface area contributed by atoms with Crippen LogP contribution in [0.25, 0.3) is 0 Å². The zero-order valence-corrected chi connectivity index (χ0v) is 10.3. The summed E-state index contributed by atoms with van der Waals surface area (Å²) in [5.74, 6) is 0.279. The number of anilines is 1. The third-order valence-corrected chi connectivity index (χ3v) is 2.38. The molecule has 4 heteroatoms. The minimum atomic E-state index is -0.293. The van der Waals surface area contributed by atoms with Crippen molar-refractivity contribution in [1.29, 1.82) is 0 Å². The number of carbonyl (C=O) groups is 1. The molecule has 1 aromatic rings. The first-order valence-electron chi connectivity index (χ1n) is 5.88. The molecule has 0 fully saturated rings. The monoisotopic (exact) mass is 238 g/mol. The third-order valence-electron chi connectivity index (χ3n) is 2.38. The van der Waals surface area contributed by atoms with E-state index in [-0.39, 0.29) is 11.7 Å². The van der Waals surface area contributed by atoms with Crippen LogP contribution in [0.4, 0.5) is 10.1 Å². The molecular weight excluding hydrogens is 219 g/mol. The molecule has 0 unspecified atom stereocenters. The Balaban J connectivity index is 2.21. The minimum Gasteiger partial charge on any atom is -0.299 e. The summed E-state index contributed by atoms with van der Waals surface area (Å²) >= 11 is 0. The van der Waals surface area contributed by atoms with E-state index >= 15 is 0 Å². The van der Waals surface area contributed by atoms with Crippen LogP contribution in [0.3, 0.4) is 0 Å². The molecule has 1 aromatic carbocycles. The van der Waals surface area contributed by atoms with Crippen LogP contribution >= 0.6 is 0 Å². The summed E-state index contributed by atoms with van der Waals surface area (Å²) in [6, 6.07) is 5.83. The van der Waals surface area contributed by atoms with E-state index < -0.39 is 0 Å². The zero-order chi connectivity index (χ0) is 12.7. The highest BCUT2D eigenvalue weighted by atomic mass is 19.1. The zero-order valence-electron chi connectivity index (χ0n) is 10.3. The summed E-state index contributed by atoms with van der Waals surface area (Å²) in [5.41, 5.74) is 5.99. The molecule has 0 saturated heterocycles. The number of nitrogens with one attached hydrogen (secondary N) is 2. The van der Waals surface area contributed by atoms with Gasteiger partial charge in [0.25, 0.3) is 0 Å². The summed E-state index contributed by atoms with van der Waals surface area (Å²) in [6.07, 6.45) is 2.44. The largest absolute Gasteiger partial charge is 0.299 e. The molecule has 0 aliphatic carbocycles. The number of hydrazine groups is 1. The van der Waals surface area contributed by atoms with Crippen molar-refractivity contribution in [3.05, 3.63) is 30.1 Å². The van der Waals surface area contributed by atoms with Gasteiger partial charge >= 0.3 is 0 Å². The van der Waals surface area contributed by atoms with E-state index in [1.54, 1.807) is 12.1 Å². The Kier molecular flexibility index (Phi) is 5.46. The Morgan fingerprint density at radius 3 is 2.53 bits per heavy atom. The molecule has 1 amide bonds. The Bertz CT molecular complexity index is 349. The fourth-order valence-corrected chi connectivity index (χ4v) is 1.41. The summed E-state index contributed by atoms with van der Waals surface area (Å²) < 4.78 is 12.6. The minimum absolute atomic E-state index is 0.0463. The van der Waals surface area contributed by atoms with Crippen LogP contribution in [0.2, 0.25) is 0 Å². The first kappa shape index (κ1) is 13.5. The van der Waals surface area contributed by atoms with Gasteiger partial charge in [0.1, 0.15) is 5.82 Å². The highest BCUT2D eigenvalue weighted by Gasteiger charge is 2.02. The van der Waals surface area contributed by atoms with E-state index in [1.807, 2.05) is 0 Å². The number of halogens is 1. The van der Waals surface area contributed by atoms with Gasteiger partial charge in [-0.1, -0.05) is 20.3 Å².